The number of likely N-dealkylation sites (N-methyl/N-ethyl adjacent to an activating group) is 2. The molecule has 0 spiro atoms. The van der Waals surface area contributed by atoms with Gasteiger partial charge in [-0.2, -0.15) is 0 Å². The predicted molar refractivity (Wildman–Crippen MR) is 76.8 cm³/mol. The maximum atomic E-state index is 9.01. The highest BCUT2D eigenvalue weighted by atomic mass is 16.3. The highest BCUT2D eigenvalue weighted by molar-refractivity contribution is 5.51. The van der Waals surface area contributed by atoms with E-state index in [1.54, 1.807) is 0 Å². The Morgan fingerprint density at radius 1 is 1.26 bits per heavy atom. The van der Waals surface area contributed by atoms with Crippen LogP contribution < -0.4 is 9.80 Å². The Morgan fingerprint density at radius 2 is 1.95 bits per heavy atom. The van der Waals surface area contributed by atoms with Gasteiger partial charge in [-0.1, -0.05) is 0 Å². The number of piperazine rings is 1. The summed E-state index contributed by atoms with van der Waals surface area (Å²) in [5, 5.41) is 9.01. The zero-order chi connectivity index (χ0) is 13.8. The van der Waals surface area contributed by atoms with Crippen molar-refractivity contribution >= 4 is 11.6 Å². The molecule has 1 aromatic heterocycles. The summed E-state index contributed by atoms with van der Waals surface area (Å²) in [6, 6.07) is 2.01. The summed E-state index contributed by atoms with van der Waals surface area (Å²) in [7, 11) is 4.08. The summed E-state index contributed by atoms with van der Waals surface area (Å²) < 4.78 is 0. The molecule has 1 saturated heterocycles. The molecule has 6 nitrogen and oxygen atoms in total. The van der Waals surface area contributed by atoms with Crippen LogP contribution in [0.4, 0.5) is 11.6 Å². The first-order valence-corrected chi connectivity index (χ1v) is 6.71. The number of hydrogen-bond donors (Lipinski definition) is 1. The van der Waals surface area contributed by atoms with E-state index in [0.717, 1.165) is 43.6 Å². The number of aliphatic hydroxyl groups is 1. The van der Waals surface area contributed by atoms with Crippen LogP contribution in [0.3, 0.4) is 0 Å². The van der Waals surface area contributed by atoms with E-state index in [1.165, 1.54) is 0 Å². The van der Waals surface area contributed by atoms with Gasteiger partial charge in [-0.05, 0) is 14.0 Å². The third-order valence-electron chi connectivity index (χ3n) is 3.46. The molecule has 0 atom stereocenters. The molecule has 6 heteroatoms. The van der Waals surface area contributed by atoms with Crippen molar-refractivity contribution in [3.05, 3.63) is 11.9 Å². The maximum Gasteiger partial charge on any atom is 0.134 e. The van der Waals surface area contributed by atoms with Crippen molar-refractivity contribution in [3.63, 3.8) is 0 Å². The van der Waals surface area contributed by atoms with Crippen LogP contribution in [0.5, 0.6) is 0 Å². The molecule has 1 aliphatic rings. The van der Waals surface area contributed by atoms with Gasteiger partial charge < -0.3 is 19.8 Å². The van der Waals surface area contributed by atoms with Crippen molar-refractivity contribution in [2.24, 2.45) is 0 Å². The minimum Gasteiger partial charge on any atom is -0.395 e. The quantitative estimate of drug-likeness (QED) is 0.825. The summed E-state index contributed by atoms with van der Waals surface area (Å²) in [6.07, 6.45) is 0. The van der Waals surface area contributed by atoms with Gasteiger partial charge in [-0.3, -0.25) is 0 Å². The molecule has 1 N–H and O–H groups in total. The van der Waals surface area contributed by atoms with Crippen molar-refractivity contribution in [2.75, 3.05) is 63.2 Å². The molecule has 0 aliphatic carbocycles. The molecule has 0 amide bonds. The lowest BCUT2D eigenvalue weighted by molar-refractivity contribution is 0.303. The molecule has 0 aromatic carbocycles. The zero-order valence-corrected chi connectivity index (χ0v) is 12.0. The van der Waals surface area contributed by atoms with E-state index in [0.29, 0.717) is 6.54 Å². The molecular formula is C13H23N5O. The van der Waals surface area contributed by atoms with Gasteiger partial charge in [0.1, 0.15) is 17.5 Å². The Bertz CT molecular complexity index is 417. The maximum absolute atomic E-state index is 9.01. The van der Waals surface area contributed by atoms with Crippen LogP contribution in [0.25, 0.3) is 0 Å². The third kappa shape index (κ3) is 3.54. The van der Waals surface area contributed by atoms with E-state index in [1.807, 2.05) is 24.9 Å². The van der Waals surface area contributed by atoms with E-state index in [4.69, 9.17) is 5.11 Å². The fraction of sp³-hybridized carbons (Fsp3) is 0.692. The van der Waals surface area contributed by atoms with Gasteiger partial charge in [0.2, 0.25) is 0 Å². The third-order valence-corrected chi connectivity index (χ3v) is 3.46. The Morgan fingerprint density at radius 3 is 2.58 bits per heavy atom. The van der Waals surface area contributed by atoms with Gasteiger partial charge in [0.05, 0.1) is 6.61 Å². The monoisotopic (exact) mass is 265 g/mol. The number of rotatable bonds is 4. The molecule has 0 bridgehead atoms. The first kappa shape index (κ1) is 14.0. The van der Waals surface area contributed by atoms with Crippen LogP contribution in [-0.2, 0) is 0 Å². The second-order valence-corrected chi connectivity index (χ2v) is 5.07. The van der Waals surface area contributed by atoms with Crippen LogP contribution in [-0.4, -0.2) is 73.4 Å². The van der Waals surface area contributed by atoms with Gasteiger partial charge in [0.15, 0.2) is 0 Å². The molecule has 2 heterocycles. The summed E-state index contributed by atoms with van der Waals surface area (Å²) in [5.41, 5.74) is 0. The molecule has 1 aromatic rings. The van der Waals surface area contributed by atoms with Crippen molar-refractivity contribution in [1.82, 2.24) is 14.9 Å². The highest BCUT2D eigenvalue weighted by Gasteiger charge is 2.17. The predicted octanol–water partition coefficient (Wildman–Crippen LogP) is -0.0347. The number of nitrogens with zero attached hydrogens (tertiary/aromatic N) is 5. The zero-order valence-electron chi connectivity index (χ0n) is 12.0. The Hall–Kier alpha value is -1.40. The fourth-order valence-corrected chi connectivity index (χ4v) is 2.19. The molecule has 2 rings (SSSR count). The first-order chi connectivity index (χ1) is 9.10. The second kappa shape index (κ2) is 6.16. The number of aryl methyl sites for hydroxylation is 1. The molecule has 1 fully saturated rings. The van der Waals surface area contributed by atoms with Crippen molar-refractivity contribution < 1.29 is 5.11 Å². The van der Waals surface area contributed by atoms with Crippen LogP contribution >= 0.6 is 0 Å². The summed E-state index contributed by atoms with van der Waals surface area (Å²) >= 11 is 0. The molecular weight excluding hydrogens is 242 g/mol. The van der Waals surface area contributed by atoms with Crippen LogP contribution in [0, 0.1) is 6.92 Å². The van der Waals surface area contributed by atoms with E-state index in [-0.39, 0.29) is 6.61 Å². The largest absolute Gasteiger partial charge is 0.395 e. The summed E-state index contributed by atoms with van der Waals surface area (Å²) in [4.78, 5) is 15.5. The van der Waals surface area contributed by atoms with Gasteiger partial charge in [0, 0.05) is 45.8 Å². The second-order valence-electron chi connectivity index (χ2n) is 5.07. The normalized spacial score (nSPS) is 16.7. The standard InChI is InChI=1S/C13H23N5O/c1-11-14-12(17(3)8-9-19)10-13(15-11)18-6-4-16(2)5-7-18/h10,19H,4-9H2,1-3H3. The average molecular weight is 265 g/mol. The fourth-order valence-electron chi connectivity index (χ4n) is 2.19. The van der Waals surface area contributed by atoms with Crippen molar-refractivity contribution in [3.8, 4) is 0 Å². The Labute approximate surface area is 114 Å². The van der Waals surface area contributed by atoms with Crippen LogP contribution in [0.15, 0.2) is 6.07 Å². The van der Waals surface area contributed by atoms with Gasteiger partial charge in [0.25, 0.3) is 0 Å². The number of hydrogen-bond acceptors (Lipinski definition) is 6. The van der Waals surface area contributed by atoms with E-state index in [2.05, 4.69) is 26.8 Å². The van der Waals surface area contributed by atoms with Gasteiger partial charge >= 0.3 is 0 Å². The lowest BCUT2D eigenvalue weighted by Crippen LogP contribution is -2.45. The highest BCUT2D eigenvalue weighted by Crippen LogP contribution is 2.19. The van der Waals surface area contributed by atoms with Crippen LogP contribution in [0.2, 0.25) is 0 Å². The minimum atomic E-state index is 0.128. The first-order valence-electron chi connectivity index (χ1n) is 6.71. The SMILES string of the molecule is Cc1nc(N(C)CCO)cc(N2CCN(C)CC2)n1. The Kier molecular flexibility index (Phi) is 4.55. The number of anilines is 2. The lowest BCUT2D eigenvalue weighted by Gasteiger charge is -2.33. The van der Waals surface area contributed by atoms with Crippen molar-refractivity contribution in [2.45, 2.75) is 6.92 Å². The van der Waals surface area contributed by atoms with E-state index >= 15 is 0 Å². The topological polar surface area (TPSA) is 55.7 Å². The van der Waals surface area contributed by atoms with Gasteiger partial charge in [-0.25, -0.2) is 9.97 Å². The van der Waals surface area contributed by atoms with E-state index in [9.17, 15) is 0 Å². The molecule has 106 valence electrons. The molecule has 1 aliphatic heterocycles. The number of aromatic nitrogens is 2. The van der Waals surface area contributed by atoms with E-state index < -0.39 is 0 Å². The van der Waals surface area contributed by atoms with Gasteiger partial charge in [-0.15, -0.1) is 0 Å². The number of aliphatic hydroxyl groups excluding tert-OH is 1. The molecule has 0 saturated carbocycles. The molecule has 0 radical (unpaired) electrons. The minimum absolute atomic E-state index is 0.128. The summed E-state index contributed by atoms with van der Waals surface area (Å²) in [5.74, 6) is 2.63. The Balaban J connectivity index is 2.16. The average Bonchev–Trinajstić information content (AvgIpc) is 2.39. The summed E-state index contributed by atoms with van der Waals surface area (Å²) in [6.45, 7) is 6.74. The lowest BCUT2D eigenvalue weighted by atomic mass is 10.3. The molecule has 19 heavy (non-hydrogen) atoms. The van der Waals surface area contributed by atoms with Crippen molar-refractivity contribution in [1.29, 1.82) is 0 Å². The van der Waals surface area contributed by atoms with Crippen LogP contribution in [0.1, 0.15) is 5.82 Å². The molecule has 0 unspecified atom stereocenters. The smallest absolute Gasteiger partial charge is 0.134 e.